The van der Waals surface area contributed by atoms with E-state index in [1.807, 2.05) is 45.0 Å². The number of nitrogens with zero attached hydrogens (tertiary/aromatic N) is 4. The molecule has 1 atom stereocenters. The minimum absolute atomic E-state index is 0.0254. The lowest BCUT2D eigenvalue weighted by atomic mass is 10.0. The topological polar surface area (TPSA) is 71.7 Å². The number of rotatable bonds is 3. The second-order valence-electron chi connectivity index (χ2n) is 9.95. The molecule has 1 amide bonds. The number of hydrogen-bond donors (Lipinski definition) is 0. The maximum absolute atomic E-state index is 12.5. The number of amides is 1. The van der Waals surface area contributed by atoms with Crippen molar-refractivity contribution in [3.05, 3.63) is 41.0 Å². The molecule has 33 heavy (non-hydrogen) atoms. The van der Waals surface area contributed by atoms with Crippen LogP contribution in [-0.4, -0.2) is 52.2 Å². The molecule has 2 aliphatic rings. The fourth-order valence-electron chi connectivity index (χ4n) is 4.39. The van der Waals surface area contributed by atoms with Gasteiger partial charge in [0.1, 0.15) is 11.1 Å². The molecular weight excluding hydrogens is 440 g/mol. The number of aromatic nitrogens is 2. The average Bonchev–Trinajstić information content (AvgIpc) is 3.50. The normalized spacial score (nSPS) is 19.2. The number of anilines is 1. The molecule has 0 N–H and O–H groups in total. The van der Waals surface area contributed by atoms with Crippen molar-refractivity contribution in [3.8, 4) is 11.3 Å². The van der Waals surface area contributed by atoms with Crippen LogP contribution in [0.25, 0.3) is 22.4 Å². The van der Waals surface area contributed by atoms with E-state index in [4.69, 9.17) is 25.7 Å². The number of hydrogen-bond acceptors (Lipinski definition) is 6. The van der Waals surface area contributed by atoms with Crippen LogP contribution in [0.2, 0.25) is 5.02 Å². The molecule has 0 unspecified atom stereocenters. The fraction of sp³-hybridized carbons (Fsp3) is 0.480. The van der Waals surface area contributed by atoms with Gasteiger partial charge >= 0.3 is 6.09 Å². The van der Waals surface area contributed by atoms with Crippen LogP contribution < -0.4 is 4.90 Å². The van der Waals surface area contributed by atoms with Gasteiger partial charge in [-0.2, -0.15) is 4.98 Å². The summed E-state index contributed by atoms with van der Waals surface area (Å²) in [6.45, 7) is 9.40. The SMILES string of the molecule is C[C@H]1CN(C(=O)OC(C)(C)C)CCN1c1nc2c(C3CC3)c(Cl)cc(-c3ccccn3)c2o1. The number of carbonyl (C=O) groups excluding carboxylic acids is 1. The lowest BCUT2D eigenvalue weighted by Crippen LogP contribution is -2.54. The highest BCUT2D eigenvalue weighted by Crippen LogP contribution is 2.49. The van der Waals surface area contributed by atoms with E-state index in [9.17, 15) is 4.79 Å². The summed E-state index contributed by atoms with van der Waals surface area (Å²) in [5, 5.41) is 0.716. The Morgan fingerprint density at radius 2 is 2.03 bits per heavy atom. The Morgan fingerprint density at radius 3 is 2.67 bits per heavy atom. The first-order chi connectivity index (χ1) is 15.7. The van der Waals surface area contributed by atoms with E-state index in [0.29, 0.717) is 36.6 Å². The third kappa shape index (κ3) is 4.38. The minimum atomic E-state index is -0.516. The van der Waals surface area contributed by atoms with Gasteiger partial charge in [-0.25, -0.2) is 4.79 Å². The molecule has 1 aromatic carbocycles. The van der Waals surface area contributed by atoms with E-state index in [1.165, 1.54) is 0 Å². The fourth-order valence-corrected chi connectivity index (χ4v) is 4.74. The number of piperazine rings is 1. The van der Waals surface area contributed by atoms with Crippen LogP contribution in [0.15, 0.2) is 34.9 Å². The zero-order valence-electron chi connectivity index (χ0n) is 19.5. The summed E-state index contributed by atoms with van der Waals surface area (Å²) in [6, 6.07) is 8.33. The van der Waals surface area contributed by atoms with Gasteiger partial charge in [-0.1, -0.05) is 17.7 Å². The first-order valence-corrected chi connectivity index (χ1v) is 11.9. The van der Waals surface area contributed by atoms with Crippen molar-refractivity contribution in [2.75, 3.05) is 24.5 Å². The molecule has 0 bridgehead atoms. The van der Waals surface area contributed by atoms with Crippen LogP contribution >= 0.6 is 11.6 Å². The van der Waals surface area contributed by atoms with Crippen LogP contribution in [0, 0.1) is 0 Å². The van der Waals surface area contributed by atoms with Crippen molar-refractivity contribution >= 4 is 34.8 Å². The van der Waals surface area contributed by atoms with Gasteiger partial charge in [-0.05, 0) is 64.7 Å². The third-order valence-electron chi connectivity index (χ3n) is 6.10. The van der Waals surface area contributed by atoms with Crippen molar-refractivity contribution in [2.24, 2.45) is 0 Å². The lowest BCUT2D eigenvalue weighted by molar-refractivity contribution is 0.0216. The molecule has 2 fully saturated rings. The maximum atomic E-state index is 12.5. The van der Waals surface area contributed by atoms with Gasteiger partial charge in [0.15, 0.2) is 5.58 Å². The summed E-state index contributed by atoms with van der Waals surface area (Å²) >= 11 is 6.74. The van der Waals surface area contributed by atoms with Crippen LogP contribution in [0.4, 0.5) is 10.8 Å². The average molecular weight is 469 g/mol. The Labute approximate surface area is 198 Å². The van der Waals surface area contributed by atoms with E-state index in [1.54, 1.807) is 11.1 Å². The molecule has 5 rings (SSSR count). The first kappa shape index (κ1) is 22.0. The molecular formula is C25H29ClN4O3. The summed E-state index contributed by atoms with van der Waals surface area (Å²) in [6.07, 6.45) is 3.71. The highest BCUT2D eigenvalue weighted by molar-refractivity contribution is 6.33. The number of halogens is 1. The number of ether oxygens (including phenoxy) is 1. The van der Waals surface area contributed by atoms with Gasteiger partial charge in [0.2, 0.25) is 0 Å². The maximum Gasteiger partial charge on any atom is 0.410 e. The van der Waals surface area contributed by atoms with E-state index in [-0.39, 0.29) is 12.1 Å². The summed E-state index contributed by atoms with van der Waals surface area (Å²) in [7, 11) is 0. The van der Waals surface area contributed by atoms with Gasteiger partial charge in [0, 0.05) is 48.0 Å². The van der Waals surface area contributed by atoms with E-state index in [2.05, 4.69) is 16.8 Å². The predicted molar refractivity (Wildman–Crippen MR) is 129 cm³/mol. The first-order valence-electron chi connectivity index (χ1n) is 11.5. The van der Waals surface area contributed by atoms with Crippen molar-refractivity contribution in [1.82, 2.24) is 14.9 Å². The minimum Gasteiger partial charge on any atom is -0.444 e. The van der Waals surface area contributed by atoms with Crippen LogP contribution in [0.3, 0.4) is 0 Å². The summed E-state index contributed by atoms with van der Waals surface area (Å²) in [4.78, 5) is 25.8. The standard InChI is InChI=1S/C25H29ClN4O3/c1-15-14-29(24(31)33-25(2,3)4)11-12-30(15)23-28-21-20(16-8-9-16)18(26)13-17(22(21)32-23)19-7-5-6-10-27-19/h5-7,10,13,15-16H,8-9,11-12,14H2,1-4H3/t15-/m0/s1. The van der Waals surface area contributed by atoms with Crippen molar-refractivity contribution in [1.29, 1.82) is 0 Å². The molecule has 0 radical (unpaired) electrons. The number of carbonyl (C=O) groups is 1. The Bertz CT molecular complexity index is 1180. The highest BCUT2D eigenvalue weighted by atomic mass is 35.5. The van der Waals surface area contributed by atoms with Crippen LogP contribution in [-0.2, 0) is 4.74 Å². The smallest absolute Gasteiger partial charge is 0.410 e. The molecule has 174 valence electrons. The van der Waals surface area contributed by atoms with Gasteiger partial charge in [0.25, 0.3) is 6.01 Å². The van der Waals surface area contributed by atoms with Crippen molar-refractivity contribution in [2.45, 2.75) is 58.1 Å². The van der Waals surface area contributed by atoms with Crippen molar-refractivity contribution < 1.29 is 13.9 Å². The number of pyridine rings is 1. The molecule has 1 saturated carbocycles. The molecule has 1 saturated heterocycles. The van der Waals surface area contributed by atoms with Gasteiger partial charge in [-0.3, -0.25) is 4.98 Å². The predicted octanol–water partition coefficient (Wildman–Crippen LogP) is 5.87. The monoisotopic (exact) mass is 468 g/mol. The third-order valence-corrected chi connectivity index (χ3v) is 6.41. The quantitative estimate of drug-likeness (QED) is 0.479. The van der Waals surface area contributed by atoms with Crippen LogP contribution in [0.1, 0.15) is 52.0 Å². The van der Waals surface area contributed by atoms with Gasteiger partial charge < -0.3 is 19.0 Å². The Morgan fingerprint density at radius 1 is 1.24 bits per heavy atom. The summed E-state index contributed by atoms with van der Waals surface area (Å²) in [5.41, 5.74) is 3.74. The molecule has 1 aliphatic carbocycles. The highest BCUT2D eigenvalue weighted by Gasteiger charge is 2.35. The molecule has 3 aromatic rings. The number of oxazole rings is 1. The Kier molecular flexibility index (Phi) is 5.47. The number of benzene rings is 1. The van der Waals surface area contributed by atoms with Gasteiger partial charge in [0.05, 0.1) is 5.69 Å². The summed E-state index contributed by atoms with van der Waals surface area (Å²) < 4.78 is 11.9. The van der Waals surface area contributed by atoms with E-state index in [0.717, 1.165) is 40.8 Å². The molecule has 1 aliphatic heterocycles. The van der Waals surface area contributed by atoms with E-state index >= 15 is 0 Å². The molecule has 0 spiro atoms. The second-order valence-corrected chi connectivity index (χ2v) is 10.4. The molecule has 7 nitrogen and oxygen atoms in total. The Balaban J connectivity index is 1.48. The zero-order valence-corrected chi connectivity index (χ0v) is 20.2. The Hall–Kier alpha value is -2.80. The lowest BCUT2D eigenvalue weighted by Gasteiger charge is -2.39. The van der Waals surface area contributed by atoms with E-state index < -0.39 is 5.60 Å². The largest absolute Gasteiger partial charge is 0.444 e. The molecule has 2 aromatic heterocycles. The summed E-state index contributed by atoms with van der Waals surface area (Å²) in [5.74, 6) is 0.428. The van der Waals surface area contributed by atoms with Crippen LogP contribution in [0.5, 0.6) is 0 Å². The molecule has 8 heteroatoms. The van der Waals surface area contributed by atoms with Gasteiger partial charge in [-0.15, -0.1) is 0 Å². The van der Waals surface area contributed by atoms with Crippen molar-refractivity contribution in [3.63, 3.8) is 0 Å². The zero-order chi connectivity index (χ0) is 23.3. The number of fused-ring (bicyclic) bond motifs is 1. The molecule has 3 heterocycles. The second kappa shape index (κ2) is 8.20.